The van der Waals surface area contributed by atoms with Crippen molar-refractivity contribution in [3.05, 3.63) is 31.7 Å². The number of aromatic nitrogens is 4. The van der Waals surface area contributed by atoms with Crippen molar-refractivity contribution >= 4 is 37.8 Å². The molecular formula is C16H23Br2N5O. The van der Waals surface area contributed by atoms with Crippen LogP contribution in [0.2, 0.25) is 0 Å². The van der Waals surface area contributed by atoms with E-state index >= 15 is 0 Å². The molecule has 1 N–H and O–H groups in total. The average Bonchev–Trinajstić information content (AvgIpc) is 2.95. The van der Waals surface area contributed by atoms with Gasteiger partial charge in [0.2, 0.25) is 5.91 Å². The van der Waals surface area contributed by atoms with Crippen molar-refractivity contribution in [1.29, 1.82) is 0 Å². The largest absolute Gasteiger partial charge is 0.354 e. The van der Waals surface area contributed by atoms with Crippen LogP contribution in [0.25, 0.3) is 0 Å². The first kappa shape index (κ1) is 19.2. The summed E-state index contributed by atoms with van der Waals surface area (Å²) in [6.45, 7) is 11.1. The van der Waals surface area contributed by atoms with Crippen LogP contribution in [0, 0.1) is 27.7 Å². The molecule has 2 rings (SSSR count). The second kappa shape index (κ2) is 7.82. The van der Waals surface area contributed by atoms with Crippen LogP contribution in [0.1, 0.15) is 42.2 Å². The Morgan fingerprint density at radius 1 is 1.08 bits per heavy atom. The molecule has 0 spiro atoms. The molecule has 0 aliphatic rings. The fourth-order valence-corrected chi connectivity index (χ4v) is 3.16. The van der Waals surface area contributed by atoms with E-state index in [9.17, 15) is 4.79 Å². The van der Waals surface area contributed by atoms with Gasteiger partial charge in [0.15, 0.2) is 0 Å². The van der Waals surface area contributed by atoms with Crippen LogP contribution < -0.4 is 5.32 Å². The van der Waals surface area contributed by atoms with Gasteiger partial charge in [0.25, 0.3) is 0 Å². The summed E-state index contributed by atoms with van der Waals surface area (Å²) in [6, 6.07) is -0.335. The zero-order valence-corrected chi connectivity index (χ0v) is 17.8. The Morgan fingerprint density at radius 2 is 1.67 bits per heavy atom. The van der Waals surface area contributed by atoms with Gasteiger partial charge in [-0.25, -0.2) is 0 Å². The number of carbonyl (C=O) groups excluding carboxylic acids is 1. The van der Waals surface area contributed by atoms with Gasteiger partial charge in [0.1, 0.15) is 6.04 Å². The fourth-order valence-electron chi connectivity index (χ4n) is 2.61. The molecule has 2 aromatic heterocycles. The summed E-state index contributed by atoms with van der Waals surface area (Å²) in [5, 5.41) is 11.9. The molecule has 1 atom stereocenters. The van der Waals surface area contributed by atoms with E-state index in [1.54, 1.807) is 4.68 Å². The molecule has 24 heavy (non-hydrogen) atoms. The van der Waals surface area contributed by atoms with Crippen molar-refractivity contribution in [3.63, 3.8) is 0 Å². The maximum Gasteiger partial charge on any atom is 0.244 e. The molecule has 0 aliphatic carbocycles. The Hall–Kier alpha value is -1.15. The molecule has 0 aliphatic heterocycles. The van der Waals surface area contributed by atoms with Gasteiger partial charge in [-0.3, -0.25) is 14.2 Å². The molecular weight excluding hydrogens is 438 g/mol. The predicted octanol–water partition coefficient (Wildman–Crippen LogP) is 3.61. The SMILES string of the molecule is Cc1nn(CCCNC(=O)C(C)n2nc(C)c(Br)c2C)c(C)c1Br. The quantitative estimate of drug-likeness (QED) is 0.669. The summed E-state index contributed by atoms with van der Waals surface area (Å²) < 4.78 is 5.73. The highest BCUT2D eigenvalue weighted by Gasteiger charge is 2.19. The minimum absolute atomic E-state index is 0.0253. The van der Waals surface area contributed by atoms with Crippen LogP contribution in [-0.2, 0) is 11.3 Å². The van der Waals surface area contributed by atoms with Crippen molar-refractivity contribution in [2.75, 3.05) is 6.54 Å². The number of nitrogens with one attached hydrogen (secondary N) is 1. The van der Waals surface area contributed by atoms with Crippen LogP contribution in [0.15, 0.2) is 8.95 Å². The highest BCUT2D eigenvalue weighted by Crippen LogP contribution is 2.23. The standard InChI is InChI=1S/C16H23Br2N5O/c1-9-14(17)11(3)22(20-9)8-6-7-19-16(24)13(5)23-12(4)15(18)10(2)21-23/h13H,6-8H2,1-5H3,(H,19,24). The molecule has 0 fully saturated rings. The van der Waals surface area contributed by atoms with E-state index in [2.05, 4.69) is 47.4 Å². The van der Waals surface area contributed by atoms with Crippen LogP contribution in [0.3, 0.4) is 0 Å². The highest BCUT2D eigenvalue weighted by atomic mass is 79.9. The summed E-state index contributed by atoms with van der Waals surface area (Å²) in [6.07, 6.45) is 0.827. The lowest BCUT2D eigenvalue weighted by Crippen LogP contribution is -2.33. The lowest BCUT2D eigenvalue weighted by Gasteiger charge is -2.14. The summed E-state index contributed by atoms with van der Waals surface area (Å²) in [5.74, 6) is -0.0253. The molecule has 0 bridgehead atoms. The maximum atomic E-state index is 12.3. The molecule has 132 valence electrons. The van der Waals surface area contributed by atoms with Gasteiger partial charge < -0.3 is 5.32 Å². The smallest absolute Gasteiger partial charge is 0.244 e. The highest BCUT2D eigenvalue weighted by molar-refractivity contribution is 9.10. The van der Waals surface area contributed by atoms with E-state index in [1.165, 1.54) is 0 Å². The monoisotopic (exact) mass is 459 g/mol. The number of rotatable bonds is 6. The molecule has 8 heteroatoms. The maximum absolute atomic E-state index is 12.3. The Balaban J connectivity index is 1.86. The van der Waals surface area contributed by atoms with Crippen LogP contribution in [0.4, 0.5) is 0 Å². The van der Waals surface area contributed by atoms with Gasteiger partial charge in [0.05, 0.1) is 26.0 Å². The molecule has 1 amide bonds. The summed E-state index contributed by atoms with van der Waals surface area (Å²) in [7, 11) is 0. The number of aryl methyl sites for hydroxylation is 3. The molecule has 0 radical (unpaired) electrons. The molecule has 0 aromatic carbocycles. The van der Waals surface area contributed by atoms with Gasteiger partial charge in [-0.05, 0) is 72.9 Å². The van der Waals surface area contributed by atoms with E-state index in [0.29, 0.717) is 6.54 Å². The first-order valence-corrected chi connectivity index (χ1v) is 9.51. The molecule has 0 saturated carbocycles. The molecule has 1 unspecified atom stereocenters. The van der Waals surface area contributed by atoms with E-state index in [1.807, 2.05) is 39.3 Å². The second-order valence-corrected chi connectivity index (χ2v) is 7.54. The zero-order valence-electron chi connectivity index (χ0n) is 14.7. The lowest BCUT2D eigenvalue weighted by molar-refractivity contribution is -0.124. The third-order valence-electron chi connectivity index (χ3n) is 4.12. The van der Waals surface area contributed by atoms with Crippen molar-refractivity contribution in [1.82, 2.24) is 24.9 Å². The summed E-state index contributed by atoms with van der Waals surface area (Å²) >= 11 is 7.02. The second-order valence-electron chi connectivity index (χ2n) is 5.96. The summed E-state index contributed by atoms with van der Waals surface area (Å²) in [5.41, 5.74) is 3.95. The fraction of sp³-hybridized carbons (Fsp3) is 0.562. The van der Waals surface area contributed by atoms with Gasteiger partial charge in [-0.15, -0.1) is 0 Å². The predicted molar refractivity (Wildman–Crippen MR) is 101 cm³/mol. The van der Waals surface area contributed by atoms with Crippen molar-refractivity contribution < 1.29 is 4.79 Å². The average molecular weight is 461 g/mol. The van der Waals surface area contributed by atoms with E-state index in [4.69, 9.17) is 0 Å². The van der Waals surface area contributed by atoms with Crippen LogP contribution in [-0.4, -0.2) is 32.0 Å². The van der Waals surface area contributed by atoms with Crippen LogP contribution >= 0.6 is 31.9 Å². The minimum atomic E-state index is -0.335. The van der Waals surface area contributed by atoms with Gasteiger partial charge in [-0.2, -0.15) is 10.2 Å². The normalized spacial score (nSPS) is 12.5. The Morgan fingerprint density at radius 3 is 2.17 bits per heavy atom. The van der Waals surface area contributed by atoms with E-state index < -0.39 is 0 Å². The number of hydrogen-bond acceptors (Lipinski definition) is 3. The number of amides is 1. The number of nitrogens with zero attached hydrogens (tertiary/aromatic N) is 4. The number of halogens is 2. The minimum Gasteiger partial charge on any atom is -0.354 e. The first-order valence-electron chi connectivity index (χ1n) is 7.92. The molecule has 6 nitrogen and oxygen atoms in total. The first-order chi connectivity index (χ1) is 11.2. The molecule has 0 saturated heterocycles. The number of carbonyl (C=O) groups is 1. The molecule has 2 heterocycles. The van der Waals surface area contributed by atoms with Crippen LogP contribution in [0.5, 0.6) is 0 Å². The van der Waals surface area contributed by atoms with Crippen molar-refractivity contribution in [3.8, 4) is 0 Å². The third kappa shape index (κ3) is 3.91. The van der Waals surface area contributed by atoms with E-state index in [0.717, 1.165) is 44.7 Å². The van der Waals surface area contributed by atoms with E-state index in [-0.39, 0.29) is 11.9 Å². The Kier molecular flexibility index (Phi) is 6.25. The van der Waals surface area contributed by atoms with Gasteiger partial charge >= 0.3 is 0 Å². The molecule has 2 aromatic rings. The van der Waals surface area contributed by atoms with Gasteiger partial charge in [-0.1, -0.05) is 0 Å². The Labute approximate surface area is 159 Å². The Bertz CT molecular complexity index is 750. The van der Waals surface area contributed by atoms with Crippen molar-refractivity contribution in [2.45, 2.75) is 53.6 Å². The topological polar surface area (TPSA) is 64.7 Å². The van der Waals surface area contributed by atoms with Crippen molar-refractivity contribution in [2.24, 2.45) is 0 Å². The zero-order chi connectivity index (χ0) is 18.0. The lowest BCUT2D eigenvalue weighted by atomic mass is 10.3. The number of hydrogen-bond donors (Lipinski definition) is 1. The van der Waals surface area contributed by atoms with Gasteiger partial charge in [0, 0.05) is 18.8 Å². The third-order valence-corrected chi connectivity index (χ3v) is 6.42. The summed E-state index contributed by atoms with van der Waals surface area (Å²) in [4.78, 5) is 12.3.